The Hall–Kier alpha value is -0.400. The van der Waals surface area contributed by atoms with Crippen LogP contribution in [0.25, 0.3) is 0 Å². The largest absolute Gasteiger partial charge is 0.481 e. The minimum absolute atomic E-state index is 0.149. The summed E-state index contributed by atoms with van der Waals surface area (Å²) in [6.07, 6.45) is 2.11. The van der Waals surface area contributed by atoms with E-state index >= 15 is 0 Å². The molecule has 1 aromatic heterocycles. The molecule has 0 bridgehead atoms. The second-order valence-corrected chi connectivity index (χ2v) is 6.52. The summed E-state index contributed by atoms with van der Waals surface area (Å²) >= 11 is 12.3. The number of rotatable bonds is 4. The molecule has 1 aromatic carbocycles. The molecule has 1 unspecified atom stereocenters. The van der Waals surface area contributed by atoms with Gasteiger partial charge in [0.25, 0.3) is 0 Å². The monoisotopic (exact) mass is 452 g/mol. The van der Waals surface area contributed by atoms with E-state index in [-0.39, 0.29) is 5.38 Å². The molecule has 0 saturated heterocycles. The van der Waals surface area contributed by atoms with Gasteiger partial charge in [-0.15, -0.1) is 11.6 Å². The number of aromatic nitrogens is 2. The van der Waals surface area contributed by atoms with Gasteiger partial charge in [0.15, 0.2) is 0 Å². The SMILES string of the molecule is COc1cc(CC(Cl)c2cc(I)ccc2Br)ncn1. The lowest BCUT2D eigenvalue weighted by Crippen LogP contribution is -2.01. The van der Waals surface area contributed by atoms with Crippen LogP contribution in [0.15, 0.2) is 35.1 Å². The van der Waals surface area contributed by atoms with E-state index in [1.54, 1.807) is 13.2 Å². The molecular formula is C13H11BrClIN2O. The minimum atomic E-state index is -0.149. The van der Waals surface area contributed by atoms with E-state index in [0.717, 1.165) is 19.3 Å². The van der Waals surface area contributed by atoms with Gasteiger partial charge in [-0.05, 0) is 46.4 Å². The van der Waals surface area contributed by atoms with Gasteiger partial charge in [0, 0.05) is 26.2 Å². The van der Waals surface area contributed by atoms with Gasteiger partial charge < -0.3 is 4.74 Å². The van der Waals surface area contributed by atoms with Gasteiger partial charge in [0.05, 0.1) is 12.5 Å². The van der Waals surface area contributed by atoms with E-state index in [0.29, 0.717) is 12.3 Å². The van der Waals surface area contributed by atoms with Crippen molar-refractivity contribution in [1.82, 2.24) is 9.97 Å². The van der Waals surface area contributed by atoms with Crippen LogP contribution in [0.5, 0.6) is 5.88 Å². The smallest absolute Gasteiger partial charge is 0.216 e. The van der Waals surface area contributed by atoms with Crippen LogP contribution in [-0.4, -0.2) is 17.1 Å². The fourth-order valence-corrected chi connectivity index (χ4v) is 3.16. The molecule has 0 aliphatic heterocycles. The Balaban J connectivity index is 2.20. The molecule has 0 amide bonds. The van der Waals surface area contributed by atoms with E-state index in [9.17, 15) is 0 Å². The lowest BCUT2D eigenvalue weighted by molar-refractivity contribution is 0.396. The lowest BCUT2D eigenvalue weighted by atomic mass is 10.1. The predicted molar refractivity (Wildman–Crippen MR) is 87.7 cm³/mol. The van der Waals surface area contributed by atoms with Crippen molar-refractivity contribution in [3.05, 3.63) is 49.9 Å². The molecule has 100 valence electrons. The van der Waals surface area contributed by atoms with E-state index in [1.165, 1.54) is 6.33 Å². The normalized spacial score (nSPS) is 12.2. The van der Waals surface area contributed by atoms with E-state index in [4.69, 9.17) is 16.3 Å². The van der Waals surface area contributed by atoms with Gasteiger partial charge in [0.2, 0.25) is 5.88 Å². The van der Waals surface area contributed by atoms with Crippen molar-refractivity contribution in [3.63, 3.8) is 0 Å². The van der Waals surface area contributed by atoms with Crippen LogP contribution in [-0.2, 0) is 6.42 Å². The number of benzene rings is 1. The van der Waals surface area contributed by atoms with E-state index in [2.05, 4.69) is 54.6 Å². The maximum atomic E-state index is 6.48. The molecule has 1 atom stereocenters. The highest BCUT2D eigenvalue weighted by molar-refractivity contribution is 14.1. The topological polar surface area (TPSA) is 35.0 Å². The van der Waals surface area contributed by atoms with E-state index < -0.39 is 0 Å². The molecule has 0 aliphatic carbocycles. The molecule has 2 rings (SSSR count). The Labute approximate surface area is 139 Å². The molecule has 0 N–H and O–H groups in total. The first-order valence-electron chi connectivity index (χ1n) is 5.54. The minimum Gasteiger partial charge on any atom is -0.481 e. The average molecular weight is 454 g/mol. The van der Waals surface area contributed by atoms with Gasteiger partial charge in [-0.3, -0.25) is 0 Å². The molecule has 0 fully saturated rings. The lowest BCUT2D eigenvalue weighted by Gasteiger charge is -2.12. The second-order valence-electron chi connectivity index (χ2n) is 3.89. The van der Waals surface area contributed by atoms with Gasteiger partial charge in [-0.2, -0.15) is 0 Å². The molecular weight excluding hydrogens is 442 g/mol. The Morgan fingerprint density at radius 3 is 2.89 bits per heavy atom. The quantitative estimate of drug-likeness (QED) is 0.509. The van der Waals surface area contributed by atoms with Gasteiger partial charge in [-0.1, -0.05) is 15.9 Å². The summed E-state index contributed by atoms with van der Waals surface area (Å²) in [5.74, 6) is 0.551. The third-order valence-corrected chi connectivity index (χ3v) is 4.37. The summed E-state index contributed by atoms with van der Waals surface area (Å²) in [5, 5.41) is -0.149. The number of ether oxygens (including phenoxy) is 1. The highest BCUT2D eigenvalue weighted by atomic mass is 127. The Morgan fingerprint density at radius 2 is 2.16 bits per heavy atom. The zero-order valence-electron chi connectivity index (χ0n) is 10.1. The highest BCUT2D eigenvalue weighted by Crippen LogP contribution is 2.32. The first-order valence-corrected chi connectivity index (χ1v) is 7.85. The van der Waals surface area contributed by atoms with Crippen molar-refractivity contribution in [2.75, 3.05) is 7.11 Å². The van der Waals surface area contributed by atoms with Crippen LogP contribution in [0.3, 0.4) is 0 Å². The van der Waals surface area contributed by atoms with Crippen LogP contribution < -0.4 is 4.74 Å². The fourth-order valence-electron chi connectivity index (χ4n) is 1.65. The molecule has 0 spiro atoms. The zero-order chi connectivity index (χ0) is 13.8. The molecule has 0 aliphatic rings. The highest BCUT2D eigenvalue weighted by Gasteiger charge is 2.14. The molecule has 3 nitrogen and oxygen atoms in total. The predicted octanol–water partition coefficient (Wildman–Crippen LogP) is 4.37. The summed E-state index contributed by atoms with van der Waals surface area (Å²) in [4.78, 5) is 8.19. The molecule has 1 heterocycles. The van der Waals surface area contributed by atoms with Gasteiger partial charge in [-0.25, -0.2) is 9.97 Å². The summed E-state index contributed by atoms with van der Waals surface area (Å²) in [6.45, 7) is 0. The number of alkyl halides is 1. The number of methoxy groups -OCH3 is 1. The van der Waals surface area contributed by atoms with Crippen molar-refractivity contribution in [2.24, 2.45) is 0 Å². The van der Waals surface area contributed by atoms with Gasteiger partial charge >= 0.3 is 0 Å². The van der Waals surface area contributed by atoms with Crippen LogP contribution in [0.4, 0.5) is 0 Å². The molecule has 0 radical (unpaired) electrons. The average Bonchev–Trinajstić information content (AvgIpc) is 2.41. The molecule has 2 aromatic rings. The summed E-state index contributed by atoms with van der Waals surface area (Å²) in [7, 11) is 1.58. The fraction of sp³-hybridized carbons (Fsp3) is 0.231. The Kier molecular flexibility index (Phi) is 5.41. The Bertz CT molecular complexity index is 582. The number of nitrogens with zero attached hydrogens (tertiary/aromatic N) is 2. The van der Waals surface area contributed by atoms with Crippen molar-refractivity contribution < 1.29 is 4.74 Å². The zero-order valence-corrected chi connectivity index (χ0v) is 14.6. The molecule has 0 saturated carbocycles. The second kappa shape index (κ2) is 6.85. The van der Waals surface area contributed by atoms with Crippen LogP contribution >= 0.6 is 50.1 Å². The first-order chi connectivity index (χ1) is 9.10. The molecule has 19 heavy (non-hydrogen) atoms. The third-order valence-electron chi connectivity index (χ3n) is 2.59. The van der Waals surface area contributed by atoms with Gasteiger partial charge in [0.1, 0.15) is 6.33 Å². The first kappa shape index (κ1) is 15.0. The maximum Gasteiger partial charge on any atom is 0.216 e. The maximum absolute atomic E-state index is 6.48. The number of hydrogen-bond acceptors (Lipinski definition) is 3. The number of halogens is 3. The van der Waals surface area contributed by atoms with Crippen molar-refractivity contribution >= 4 is 50.1 Å². The van der Waals surface area contributed by atoms with Crippen LogP contribution in [0.1, 0.15) is 16.6 Å². The Morgan fingerprint density at radius 1 is 1.37 bits per heavy atom. The summed E-state index contributed by atoms with van der Waals surface area (Å²) in [5.41, 5.74) is 1.92. The number of hydrogen-bond donors (Lipinski definition) is 0. The van der Waals surface area contributed by atoms with Crippen molar-refractivity contribution in [3.8, 4) is 5.88 Å². The van der Waals surface area contributed by atoms with Crippen LogP contribution in [0, 0.1) is 3.57 Å². The van der Waals surface area contributed by atoms with E-state index in [1.807, 2.05) is 12.1 Å². The molecule has 6 heteroatoms. The third kappa shape index (κ3) is 4.03. The van der Waals surface area contributed by atoms with Crippen molar-refractivity contribution in [2.45, 2.75) is 11.8 Å². The standard InChI is InChI=1S/C13H11BrClIN2O/c1-19-13-6-9(17-7-18-13)5-12(15)10-4-8(16)2-3-11(10)14/h2-4,6-7,12H,5H2,1H3. The van der Waals surface area contributed by atoms with Crippen LogP contribution in [0.2, 0.25) is 0 Å². The van der Waals surface area contributed by atoms with Crippen molar-refractivity contribution in [1.29, 1.82) is 0 Å². The summed E-state index contributed by atoms with van der Waals surface area (Å²) < 4.78 is 7.24. The summed E-state index contributed by atoms with van der Waals surface area (Å²) in [6, 6.07) is 7.91.